The van der Waals surface area contributed by atoms with Crippen LogP contribution in [-0.4, -0.2) is 115 Å². The molecule has 1 unspecified atom stereocenters. The van der Waals surface area contributed by atoms with E-state index in [-0.39, 0.29) is 58.6 Å². The molecule has 56 heavy (non-hydrogen) atoms. The fraction of sp³-hybridized carbons (Fsp3) is 0.317. The van der Waals surface area contributed by atoms with Gasteiger partial charge in [-0.1, -0.05) is 12.1 Å². The molecule has 288 valence electrons. The Morgan fingerprint density at radius 3 is 2.41 bits per heavy atom. The summed E-state index contributed by atoms with van der Waals surface area (Å²) in [6, 6.07) is 14.1. The first-order valence-electron chi connectivity index (χ1n) is 18.5. The number of benzene rings is 3. The maximum Gasteiger partial charge on any atom is 0.264 e. The number of phenolic OH excluding ortho intramolecular Hbond substituents is 1. The predicted molar refractivity (Wildman–Crippen MR) is 207 cm³/mol. The van der Waals surface area contributed by atoms with Crippen LogP contribution < -0.4 is 25.7 Å². The quantitative estimate of drug-likeness (QED) is 0.224. The highest BCUT2D eigenvalue weighted by Gasteiger charge is 2.45. The SMILES string of the molecule is COc1cc(O)c2c(=O)cc(-c3ccc(N4CCN(C(=O)CNc5cccc6c5C(=O)N(C5CCC(=O)NC5=O)C6=O)CC4)cc3)oc2c1C1=CCN(C)CC1. The number of phenols is 1. The van der Waals surface area contributed by atoms with Crippen LogP contribution in [-0.2, 0) is 14.4 Å². The zero-order valence-corrected chi connectivity index (χ0v) is 30.9. The number of methoxy groups -OCH3 is 1. The maximum absolute atomic E-state index is 13.4. The van der Waals surface area contributed by atoms with Crippen molar-refractivity contribution in [2.24, 2.45) is 0 Å². The smallest absolute Gasteiger partial charge is 0.264 e. The van der Waals surface area contributed by atoms with E-state index in [0.29, 0.717) is 54.5 Å². The fourth-order valence-corrected chi connectivity index (χ4v) is 7.89. The molecule has 2 fully saturated rings. The van der Waals surface area contributed by atoms with E-state index in [9.17, 15) is 33.9 Å². The summed E-state index contributed by atoms with van der Waals surface area (Å²) >= 11 is 0. The number of hydrogen-bond acceptors (Lipinski definition) is 12. The molecule has 5 amide bonds. The van der Waals surface area contributed by atoms with Crippen molar-refractivity contribution in [3.05, 3.63) is 87.6 Å². The molecule has 2 saturated heterocycles. The number of hydrogen-bond donors (Lipinski definition) is 3. The predicted octanol–water partition coefficient (Wildman–Crippen LogP) is 3.06. The van der Waals surface area contributed by atoms with E-state index < -0.39 is 29.7 Å². The normalized spacial score (nSPS) is 18.9. The highest BCUT2D eigenvalue weighted by atomic mass is 16.5. The van der Waals surface area contributed by atoms with Crippen molar-refractivity contribution in [1.82, 2.24) is 20.0 Å². The largest absolute Gasteiger partial charge is 0.507 e. The van der Waals surface area contributed by atoms with E-state index in [1.807, 2.05) is 31.3 Å². The molecule has 0 saturated carbocycles. The minimum Gasteiger partial charge on any atom is -0.507 e. The number of amides is 5. The molecule has 15 heteroatoms. The standard InChI is InChI=1S/C41H40N6O9/c1-44-14-12-24(13-15-44)35-32(55-2)21-30(49)37-29(48)20-31(56-38(35)37)23-6-8-25(9-7-23)45-16-18-46(19-17-45)34(51)22-42-27-5-3-4-26-36(27)41(54)47(40(26)53)28-10-11-33(50)43-39(28)52/h3-9,12,20-21,28,42,49H,10-11,13-19,22H2,1-2H3,(H,43,50,52). The van der Waals surface area contributed by atoms with E-state index in [4.69, 9.17) is 9.15 Å². The van der Waals surface area contributed by atoms with Crippen molar-refractivity contribution in [1.29, 1.82) is 0 Å². The number of nitrogens with one attached hydrogen (secondary N) is 2. The lowest BCUT2D eigenvalue weighted by Crippen LogP contribution is -2.54. The summed E-state index contributed by atoms with van der Waals surface area (Å²) in [5.74, 6) is -1.99. The number of piperazine rings is 1. The van der Waals surface area contributed by atoms with Gasteiger partial charge in [0.25, 0.3) is 11.8 Å². The van der Waals surface area contributed by atoms with Crippen LogP contribution in [0.2, 0.25) is 0 Å². The van der Waals surface area contributed by atoms with E-state index in [1.54, 1.807) is 17.0 Å². The number of aromatic hydroxyl groups is 1. The average Bonchev–Trinajstić information content (AvgIpc) is 3.46. The number of imide groups is 2. The Bertz CT molecular complexity index is 2400. The number of likely N-dealkylation sites (N-methyl/N-ethyl adjacent to an activating group) is 1. The zero-order chi connectivity index (χ0) is 39.2. The molecule has 0 bridgehead atoms. The Morgan fingerprint density at radius 2 is 1.71 bits per heavy atom. The maximum atomic E-state index is 13.4. The molecule has 0 spiro atoms. The van der Waals surface area contributed by atoms with Crippen molar-refractivity contribution in [2.75, 3.05) is 70.2 Å². The molecule has 15 nitrogen and oxygen atoms in total. The number of piperidine rings is 1. The van der Waals surface area contributed by atoms with Gasteiger partial charge in [0.1, 0.15) is 28.7 Å². The second-order valence-corrected chi connectivity index (χ2v) is 14.3. The summed E-state index contributed by atoms with van der Waals surface area (Å²) in [5, 5.41) is 16.1. The van der Waals surface area contributed by atoms with Gasteiger partial charge in [-0.05, 0) is 61.9 Å². The van der Waals surface area contributed by atoms with Crippen LogP contribution >= 0.6 is 0 Å². The second-order valence-electron chi connectivity index (χ2n) is 14.3. The first kappa shape index (κ1) is 36.5. The van der Waals surface area contributed by atoms with Crippen LogP contribution in [0.5, 0.6) is 11.5 Å². The van der Waals surface area contributed by atoms with Gasteiger partial charge in [0.2, 0.25) is 17.7 Å². The van der Waals surface area contributed by atoms with E-state index >= 15 is 0 Å². The second kappa shape index (κ2) is 14.6. The Kier molecular flexibility index (Phi) is 9.54. The molecule has 4 aliphatic heterocycles. The minimum atomic E-state index is -1.08. The third-order valence-electron chi connectivity index (χ3n) is 10.9. The third kappa shape index (κ3) is 6.53. The summed E-state index contributed by atoms with van der Waals surface area (Å²) in [5.41, 5.74) is 3.74. The van der Waals surface area contributed by atoms with Gasteiger partial charge in [0, 0.05) is 74.8 Å². The molecule has 4 aliphatic rings. The lowest BCUT2D eigenvalue weighted by molar-refractivity contribution is -0.136. The monoisotopic (exact) mass is 760 g/mol. The molecule has 1 atom stereocenters. The Labute approximate surface area is 321 Å². The van der Waals surface area contributed by atoms with Gasteiger partial charge in [0.05, 0.1) is 30.3 Å². The third-order valence-corrected chi connectivity index (χ3v) is 10.9. The Balaban J connectivity index is 0.924. The molecule has 0 radical (unpaired) electrons. The molecule has 3 N–H and O–H groups in total. The summed E-state index contributed by atoms with van der Waals surface area (Å²) in [6.07, 6.45) is 2.89. The number of fused-ring (bicyclic) bond motifs is 2. The van der Waals surface area contributed by atoms with Gasteiger partial charge >= 0.3 is 0 Å². The van der Waals surface area contributed by atoms with Gasteiger partial charge in [-0.3, -0.25) is 39.0 Å². The summed E-state index contributed by atoms with van der Waals surface area (Å²) < 4.78 is 12.0. The lowest BCUT2D eigenvalue weighted by atomic mass is 9.95. The van der Waals surface area contributed by atoms with Crippen molar-refractivity contribution in [3.8, 4) is 22.8 Å². The van der Waals surface area contributed by atoms with Gasteiger partial charge < -0.3 is 34.3 Å². The molecule has 0 aliphatic carbocycles. The Morgan fingerprint density at radius 1 is 0.946 bits per heavy atom. The topological polar surface area (TPSA) is 182 Å². The van der Waals surface area contributed by atoms with E-state index in [1.165, 1.54) is 25.3 Å². The van der Waals surface area contributed by atoms with Gasteiger partial charge in [0.15, 0.2) is 11.0 Å². The lowest BCUT2D eigenvalue weighted by Gasteiger charge is -2.36. The van der Waals surface area contributed by atoms with Gasteiger partial charge in [-0.15, -0.1) is 0 Å². The minimum absolute atomic E-state index is 0.0218. The van der Waals surface area contributed by atoms with Crippen LogP contribution in [0.25, 0.3) is 27.9 Å². The summed E-state index contributed by atoms with van der Waals surface area (Å²) in [7, 11) is 3.56. The van der Waals surface area contributed by atoms with Crippen molar-refractivity contribution < 1.29 is 38.2 Å². The van der Waals surface area contributed by atoms with Crippen molar-refractivity contribution in [2.45, 2.75) is 25.3 Å². The molecule has 1 aromatic heterocycles. The van der Waals surface area contributed by atoms with Crippen molar-refractivity contribution >= 4 is 57.5 Å². The molecular weight excluding hydrogens is 720 g/mol. The van der Waals surface area contributed by atoms with Crippen LogP contribution in [0.15, 0.2) is 69.9 Å². The highest BCUT2D eigenvalue weighted by Crippen LogP contribution is 2.41. The molecule has 5 heterocycles. The van der Waals surface area contributed by atoms with Gasteiger partial charge in [-0.25, -0.2) is 0 Å². The van der Waals surface area contributed by atoms with E-state index in [2.05, 4.69) is 26.5 Å². The van der Waals surface area contributed by atoms with Gasteiger partial charge in [-0.2, -0.15) is 0 Å². The summed E-state index contributed by atoms with van der Waals surface area (Å²) in [6.45, 7) is 3.50. The molecule has 4 aromatic rings. The number of carbonyl (C=O) groups excluding carboxylic acids is 5. The molecule has 8 rings (SSSR count). The number of ether oxygens (including phenoxy) is 1. The van der Waals surface area contributed by atoms with Crippen molar-refractivity contribution in [3.63, 3.8) is 0 Å². The first-order valence-corrected chi connectivity index (χ1v) is 18.5. The Hall–Kier alpha value is -6.48. The van der Waals surface area contributed by atoms with E-state index in [0.717, 1.165) is 35.7 Å². The highest BCUT2D eigenvalue weighted by molar-refractivity contribution is 6.25. The molecular formula is C41H40N6O9. The number of nitrogens with zero attached hydrogens (tertiary/aromatic N) is 4. The first-order chi connectivity index (χ1) is 27.0. The van der Waals surface area contributed by atoms with Crippen LogP contribution in [0.1, 0.15) is 45.5 Å². The summed E-state index contributed by atoms with van der Waals surface area (Å²) in [4.78, 5) is 84.4. The van der Waals surface area contributed by atoms with Crippen LogP contribution in [0.3, 0.4) is 0 Å². The average molecular weight is 761 g/mol. The number of anilines is 2. The fourth-order valence-electron chi connectivity index (χ4n) is 7.89. The number of carbonyl (C=O) groups is 5. The van der Waals surface area contributed by atoms with Crippen LogP contribution in [0, 0.1) is 0 Å². The number of rotatable bonds is 8. The molecule has 3 aromatic carbocycles. The zero-order valence-electron chi connectivity index (χ0n) is 30.9. The van der Waals surface area contributed by atoms with Crippen LogP contribution in [0.4, 0.5) is 11.4 Å².